The molecule has 1 rings (SSSR count). The molecule has 3 heteroatoms. The van der Waals surface area contributed by atoms with Gasteiger partial charge in [0, 0.05) is 11.6 Å². The molecule has 3 unspecified atom stereocenters. The third-order valence-electron chi connectivity index (χ3n) is 3.19. The monoisotopic (exact) mass is 202 g/mol. The van der Waals surface area contributed by atoms with Crippen LogP contribution in [0.15, 0.2) is 0 Å². The van der Waals surface area contributed by atoms with Crippen molar-refractivity contribution in [3.8, 4) is 0 Å². The summed E-state index contributed by atoms with van der Waals surface area (Å²) < 4.78 is 13.9. The number of hydrogen-bond acceptors (Lipinski definition) is 2. The molecule has 1 aliphatic rings. The molecule has 3 N–H and O–H groups in total. The molecular formula is C11H23FN2. The zero-order valence-electron chi connectivity index (χ0n) is 9.52. The molecule has 1 saturated heterocycles. The summed E-state index contributed by atoms with van der Waals surface area (Å²) in [4.78, 5) is 0. The van der Waals surface area contributed by atoms with Crippen LogP contribution < -0.4 is 11.1 Å². The lowest BCUT2D eigenvalue weighted by Gasteiger charge is -2.37. The highest BCUT2D eigenvalue weighted by Gasteiger charge is 2.35. The van der Waals surface area contributed by atoms with Crippen LogP contribution >= 0.6 is 0 Å². The molecule has 1 heterocycles. The number of nitrogens with one attached hydrogen (secondary N) is 1. The normalized spacial score (nSPS) is 31.5. The maximum atomic E-state index is 13.9. The molecule has 0 radical (unpaired) electrons. The number of hydrogen-bond donors (Lipinski definition) is 2. The van der Waals surface area contributed by atoms with Gasteiger partial charge in [-0.2, -0.15) is 0 Å². The van der Waals surface area contributed by atoms with Gasteiger partial charge in [-0.3, -0.25) is 0 Å². The van der Waals surface area contributed by atoms with Crippen LogP contribution in [0.5, 0.6) is 0 Å². The second-order valence-corrected chi connectivity index (χ2v) is 5.08. The van der Waals surface area contributed by atoms with E-state index in [2.05, 4.69) is 12.2 Å². The Labute approximate surface area is 86.4 Å². The molecule has 0 spiro atoms. The fourth-order valence-electron chi connectivity index (χ4n) is 2.15. The highest BCUT2D eigenvalue weighted by atomic mass is 19.1. The summed E-state index contributed by atoms with van der Waals surface area (Å²) >= 11 is 0. The molecule has 0 aliphatic carbocycles. The van der Waals surface area contributed by atoms with Crippen molar-refractivity contribution >= 4 is 0 Å². The van der Waals surface area contributed by atoms with Gasteiger partial charge in [-0.1, -0.05) is 13.3 Å². The number of rotatable bonds is 3. The first-order chi connectivity index (χ1) is 6.45. The van der Waals surface area contributed by atoms with Gasteiger partial charge in [0.1, 0.15) is 6.17 Å². The molecule has 14 heavy (non-hydrogen) atoms. The minimum absolute atomic E-state index is 0.0475. The van der Waals surface area contributed by atoms with E-state index in [1.807, 2.05) is 0 Å². The van der Waals surface area contributed by atoms with Crippen molar-refractivity contribution in [2.24, 2.45) is 11.7 Å². The fourth-order valence-corrected chi connectivity index (χ4v) is 2.15. The van der Waals surface area contributed by atoms with Crippen LogP contribution in [0, 0.1) is 5.92 Å². The van der Waals surface area contributed by atoms with Crippen molar-refractivity contribution < 1.29 is 4.39 Å². The van der Waals surface area contributed by atoms with Gasteiger partial charge in [0.15, 0.2) is 0 Å². The van der Waals surface area contributed by atoms with Gasteiger partial charge < -0.3 is 11.1 Å². The first kappa shape index (κ1) is 11.9. The Morgan fingerprint density at radius 1 is 1.57 bits per heavy atom. The Morgan fingerprint density at radius 2 is 2.21 bits per heavy atom. The average Bonchev–Trinajstić information content (AvgIpc) is 2.15. The number of nitrogens with two attached hydrogens (primary N) is 1. The lowest BCUT2D eigenvalue weighted by atomic mass is 9.83. The summed E-state index contributed by atoms with van der Waals surface area (Å²) in [5, 5.41) is 3.23. The summed E-state index contributed by atoms with van der Waals surface area (Å²) in [5.41, 5.74) is 5.05. The van der Waals surface area contributed by atoms with Crippen molar-refractivity contribution in [1.82, 2.24) is 5.32 Å². The highest BCUT2D eigenvalue weighted by molar-refractivity contribution is 4.94. The molecule has 84 valence electrons. The molecule has 2 nitrogen and oxygen atoms in total. The average molecular weight is 202 g/mol. The number of halogens is 1. The van der Waals surface area contributed by atoms with E-state index in [1.54, 1.807) is 13.8 Å². The Bertz CT molecular complexity index is 177. The van der Waals surface area contributed by atoms with Crippen molar-refractivity contribution in [3.05, 3.63) is 0 Å². The zero-order chi connectivity index (χ0) is 10.8. The highest BCUT2D eigenvalue weighted by Crippen LogP contribution is 2.25. The Kier molecular flexibility index (Phi) is 3.90. The van der Waals surface area contributed by atoms with Gasteiger partial charge in [0.25, 0.3) is 0 Å². The number of piperidine rings is 1. The van der Waals surface area contributed by atoms with E-state index in [1.165, 1.54) is 6.42 Å². The Morgan fingerprint density at radius 3 is 2.71 bits per heavy atom. The van der Waals surface area contributed by atoms with Crippen LogP contribution in [0.1, 0.15) is 40.0 Å². The Balaban J connectivity index is 2.51. The van der Waals surface area contributed by atoms with E-state index in [9.17, 15) is 4.39 Å². The minimum atomic E-state index is -0.947. The van der Waals surface area contributed by atoms with Crippen LogP contribution in [0.25, 0.3) is 0 Å². The van der Waals surface area contributed by atoms with Gasteiger partial charge >= 0.3 is 0 Å². The Hall–Kier alpha value is -0.150. The molecule has 0 saturated carbocycles. The molecule has 0 aromatic heterocycles. The predicted molar refractivity (Wildman–Crippen MR) is 58.0 cm³/mol. The maximum absolute atomic E-state index is 13.9. The minimum Gasteiger partial charge on any atom is -0.323 e. The van der Waals surface area contributed by atoms with E-state index in [4.69, 9.17) is 5.73 Å². The molecule has 0 amide bonds. The van der Waals surface area contributed by atoms with Crippen LogP contribution in [0.2, 0.25) is 0 Å². The largest absolute Gasteiger partial charge is 0.323 e. The first-order valence-electron chi connectivity index (χ1n) is 5.61. The van der Waals surface area contributed by atoms with E-state index in [0.29, 0.717) is 5.92 Å². The van der Waals surface area contributed by atoms with Crippen LogP contribution in [-0.4, -0.2) is 24.3 Å². The van der Waals surface area contributed by atoms with Gasteiger partial charge in [-0.15, -0.1) is 0 Å². The van der Waals surface area contributed by atoms with Crippen molar-refractivity contribution in [3.63, 3.8) is 0 Å². The van der Waals surface area contributed by atoms with Crippen molar-refractivity contribution in [2.75, 3.05) is 6.54 Å². The SMILES string of the molecule is CCC1CCNC(C(F)C(C)(C)N)C1. The van der Waals surface area contributed by atoms with Crippen LogP contribution in [0.4, 0.5) is 4.39 Å². The topological polar surface area (TPSA) is 38.0 Å². The van der Waals surface area contributed by atoms with Crippen LogP contribution in [0.3, 0.4) is 0 Å². The molecule has 3 atom stereocenters. The van der Waals surface area contributed by atoms with Crippen LogP contribution in [-0.2, 0) is 0 Å². The van der Waals surface area contributed by atoms with Gasteiger partial charge in [0.05, 0.1) is 0 Å². The molecule has 0 aromatic rings. The van der Waals surface area contributed by atoms with Gasteiger partial charge in [0.2, 0.25) is 0 Å². The summed E-state index contributed by atoms with van der Waals surface area (Å²) in [6, 6.07) is -0.0475. The quantitative estimate of drug-likeness (QED) is 0.733. The molecule has 1 aliphatic heterocycles. The zero-order valence-corrected chi connectivity index (χ0v) is 9.52. The lowest BCUT2D eigenvalue weighted by Crippen LogP contribution is -2.55. The standard InChI is InChI=1S/C11H23FN2/c1-4-8-5-6-14-9(7-8)10(12)11(2,3)13/h8-10,14H,4-7,13H2,1-3H3. The smallest absolute Gasteiger partial charge is 0.133 e. The van der Waals surface area contributed by atoms with Crippen molar-refractivity contribution in [2.45, 2.75) is 57.8 Å². The second kappa shape index (κ2) is 4.58. The predicted octanol–water partition coefficient (Wildman–Crippen LogP) is 1.84. The molecule has 0 aromatic carbocycles. The summed E-state index contributed by atoms with van der Waals surface area (Å²) in [7, 11) is 0. The summed E-state index contributed by atoms with van der Waals surface area (Å²) in [5.74, 6) is 0.668. The van der Waals surface area contributed by atoms with E-state index in [-0.39, 0.29) is 6.04 Å². The number of alkyl halides is 1. The van der Waals surface area contributed by atoms with E-state index in [0.717, 1.165) is 19.4 Å². The summed E-state index contributed by atoms with van der Waals surface area (Å²) in [6.07, 6.45) is 2.30. The van der Waals surface area contributed by atoms with E-state index < -0.39 is 11.7 Å². The third-order valence-corrected chi connectivity index (χ3v) is 3.19. The molecular weight excluding hydrogens is 179 g/mol. The lowest BCUT2D eigenvalue weighted by molar-refractivity contribution is 0.125. The second-order valence-electron chi connectivity index (χ2n) is 5.08. The van der Waals surface area contributed by atoms with Gasteiger partial charge in [-0.25, -0.2) is 4.39 Å². The maximum Gasteiger partial charge on any atom is 0.133 e. The van der Waals surface area contributed by atoms with E-state index >= 15 is 0 Å². The van der Waals surface area contributed by atoms with Gasteiger partial charge in [-0.05, 0) is 39.2 Å². The summed E-state index contributed by atoms with van der Waals surface area (Å²) in [6.45, 7) is 6.62. The molecule has 1 fully saturated rings. The van der Waals surface area contributed by atoms with Crippen molar-refractivity contribution in [1.29, 1.82) is 0 Å². The third kappa shape index (κ3) is 2.92. The fraction of sp³-hybridized carbons (Fsp3) is 1.00. The molecule has 0 bridgehead atoms. The first-order valence-corrected chi connectivity index (χ1v) is 5.61.